The molecule has 1 N–H and O–H groups in total. The van der Waals surface area contributed by atoms with Crippen LogP contribution in [0.2, 0.25) is 5.02 Å². The highest BCUT2D eigenvalue weighted by molar-refractivity contribution is 6.31. The first-order valence-electron chi connectivity index (χ1n) is 13.4. The van der Waals surface area contributed by atoms with Crippen molar-refractivity contribution in [2.45, 2.75) is 25.3 Å². The number of benzene rings is 2. The summed E-state index contributed by atoms with van der Waals surface area (Å²) in [6.07, 6.45) is 8.48. The number of rotatable bonds is 9. The lowest BCUT2D eigenvalue weighted by molar-refractivity contribution is -0.615. The number of carbonyl (C=O) groups is 1. The molecule has 1 amide bonds. The molecule has 0 bridgehead atoms. The quantitative estimate of drug-likeness (QED) is 0.179. The summed E-state index contributed by atoms with van der Waals surface area (Å²) in [5.41, 5.74) is 3.20. The van der Waals surface area contributed by atoms with Crippen LogP contribution in [0.15, 0.2) is 67.4 Å². The van der Waals surface area contributed by atoms with E-state index in [9.17, 15) is 10.0 Å². The van der Waals surface area contributed by atoms with E-state index in [1.165, 1.54) is 37.5 Å². The van der Waals surface area contributed by atoms with E-state index in [4.69, 9.17) is 16.3 Å². The summed E-state index contributed by atoms with van der Waals surface area (Å²) in [4.78, 5) is 11.5. The first-order valence-corrected chi connectivity index (χ1v) is 13.8. The summed E-state index contributed by atoms with van der Waals surface area (Å²) in [6.45, 7) is 0. The van der Waals surface area contributed by atoms with Crippen LogP contribution in [0.5, 0.6) is 5.75 Å². The molecular weight excluding hydrogens is 579 g/mol. The van der Waals surface area contributed by atoms with Gasteiger partial charge < -0.3 is 14.7 Å². The SMILES string of the molecule is COC(=O)Nc1ccc(-c2cnn(C(CC3CC3)c3cc(OC)c(-c4c(-n5cnnn5)ccc(Cl)c4F)c[n+]3[O-])c2)cc1. The van der Waals surface area contributed by atoms with Gasteiger partial charge in [-0.3, -0.25) is 10.00 Å². The fourth-order valence-electron chi connectivity index (χ4n) is 5.00. The van der Waals surface area contributed by atoms with Gasteiger partial charge in [-0.25, -0.2) is 9.18 Å². The molecule has 1 unspecified atom stereocenters. The number of pyridine rings is 1. The number of ether oxygens (including phenoxy) is 2. The van der Waals surface area contributed by atoms with E-state index in [0.29, 0.717) is 23.7 Å². The Kier molecular flexibility index (Phi) is 7.63. The Labute approximate surface area is 250 Å². The number of anilines is 1. The predicted molar refractivity (Wildman–Crippen MR) is 154 cm³/mol. The molecule has 0 radical (unpaired) electrons. The van der Waals surface area contributed by atoms with Crippen molar-refractivity contribution >= 4 is 23.4 Å². The molecule has 1 aliphatic carbocycles. The number of hydrogen-bond donors (Lipinski definition) is 1. The van der Waals surface area contributed by atoms with Crippen molar-refractivity contribution < 1.29 is 23.4 Å². The highest BCUT2D eigenvalue weighted by atomic mass is 35.5. The number of methoxy groups -OCH3 is 2. The van der Waals surface area contributed by atoms with Crippen molar-refractivity contribution in [2.75, 3.05) is 19.5 Å². The van der Waals surface area contributed by atoms with Crippen molar-refractivity contribution in [3.63, 3.8) is 0 Å². The minimum absolute atomic E-state index is 0.0260. The van der Waals surface area contributed by atoms with Crippen LogP contribution in [-0.4, -0.2) is 50.3 Å². The van der Waals surface area contributed by atoms with Gasteiger partial charge in [-0.2, -0.15) is 14.5 Å². The molecule has 43 heavy (non-hydrogen) atoms. The van der Waals surface area contributed by atoms with E-state index in [-0.39, 0.29) is 27.6 Å². The Morgan fingerprint density at radius 2 is 2.00 bits per heavy atom. The van der Waals surface area contributed by atoms with E-state index in [1.807, 2.05) is 18.3 Å². The van der Waals surface area contributed by atoms with Crippen molar-refractivity contribution in [1.29, 1.82) is 0 Å². The molecule has 5 aromatic rings. The average molecular weight is 605 g/mol. The lowest BCUT2D eigenvalue weighted by Gasteiger charge is -2.20. The molecule has 0 spiro atoms. The van der Waals surface area contributed by atoms with Crippen LogP contribution < -0.4 is 14.8 Å². The largest absolute Gasteiger partial charge is 0.618 e. The van der Waals surface area contributed by atoms with Gasteiger partial charge in [0.05, 0.1) is 48.3 Å². The normalized spacial score (nSPS) is 13.5. The Balaban J connectivity index is 1.38. The van der Waals surface area contributed by atoms with E-state index in [0.717, 1.165) is 28.7 Å². The molecule has 2 aromatic carbocycles. The number of amides is 1. The van der Waals surface area contributed by atoms with Gasteiger partial charge in [-0.15, -0.1) is 5.10 Å². The number of carbonyl (C=O) groups excluding carboxylic acids is 1. The summed E-state index contributed by atoms with van der Waals surface area (Å²) >= 11 is 6.15. The maximum Gasteiger partial charge on any atom is 0.411 e. The van der Waals surface area contributed by atoms with Crippen molar-refractivity contribution in [3.8, 4) is 33.7 Å². The summed E-state index contributed by atoms with van der Waals surface area (Å²) in [5.74, 6) is -0.0111. The third kappa shape index (κ3) is 5.71. The lowest BCUT2D eigenvalue weighted by atomic mass is 10.0. The second-order valence-electron chi connectivity index (χ2n) is 10.1. The van der Waals surface area contributed by atoms with E-state index in [2.05, 4.69) is 30.7 Å². The average Bonchev–Trinajstić information content (AvgIpc) is 3.44. The van der Waals surface area contributed by atoms with Crippen LogP contribution in [0.4, 0.5) is 14.9 Å². The van der Waals surface area contributed by atoms with Gasteiger partial charge in [-0.05, 0) is 52.6 Å². The van der Waals surface area contributed by atoms with Gasteiger partial charge in [0.2, 0.25) is 5.69 Å². The number of hydrogen-bond acceptors (Lipinski definition) is 8. The van der Waals surface area contributed by atoms with E-state index < -0.39 is 18.0 Å². The Hall–Kier alpha value is -5.04. The van der Waals surface area contributed by atoms with Crippen LogP contribution in [0.3, 0.4) is 0 Å². The molecule has 6 rings (SSSR count). The zero-order valence-electron chi connectivity index (χ0n) is 23.1. The van der Waals surface area contributed by atoms with Gasteiger partial charge in [0.25, 0.3) is 0 Å². The Morgan fingerprint density at radius 1 is 1.21 bits per heavy atom. The van der Waals surface area contributed by atoms with Crippen LogP contribution in [-0.2, 0) is 4.74 Å². The Bertz CT molecular complexity index is 1770. The summed E-state index contributed by atoms with van der Waals surface area (Å²) < 4.78 is 29.7. The van der Waals surface area contributed by atoms with Crippen LogP contribution in [0.1, 0.15) is 31.0 Å². The molecule has 220 valence electrons. The molecule has 14 heteroatoms. The second kappa shape index (κ2) is 11.7. The molecular formula is C29H26ClFN8O4. The summed E-state index contributed by atoms with van der Waals surface area (Å²) in [5, 5.41) is 32.0. The number of nitrogens with one attached hydrogen (secondary N) is 1. The van der Waals surface area contributed by atoms with E-state index >= 15 is 4.39 Å². The van der Waals surface area contributed by atoms with Gasteiger partial charge in [0.15, 0.2) is 12.0 Å². The predicted octanol–water partition coefficient (Wildman–Crippen LogP) is 5.20. The molecule has 3 heterocycles. The smallest absolute Gasteiger partial charge is 0.411 e. The Morgan fingerprint density at radius 3 is 2.67 bits per heavy atom. The zero-order valence-corrected chi connectivity index (χ0v) is 23.9. The molecule has 1 aliphatic rings. The van der Waals surface area contributed by atoms with Gasteiger partial charge >= 0.3 is 6.09 Å². The zero-order chi connectivity index (χ0) is 30.1. The molecule has 0 aliphatic heterocycles. The van der Waals surface area contributed by atoms with Crippen LogP contribution in [0, 0.1) is 16.9 Å². The molecule has 1 fully saturated rings. The number of aromatic nitrogens is 7. The minimum Gasteiger partial charge on any atom is -0.618 e. The monoisotopic (exact) mass is 604 g/mol. The van der Waals surface area contributed by atoms with Gasteiger partial charge in [0.1, 0.15) is 18.1 Å². The molecule has 3 aromatic heterocycles. The second-order valence-corrected chi connectivity index (χ2v) is 10.5. The lowest BCUT2D eigenvalue weighted by Crippen LogP contribution is -2.36. The third-order valence-corrected chi connectivity index (χ3v) is 7.66. The van der Waals surface area contributed by atoms with Crippen LogP contribution >= 0.6 is 11.6 Å². The molecule has 0 saturated heterocycles. The third-order valence-electron chi connectivity index (χ3n) is 7.37. The summed E-state index contributed by atoms with van der Waals surface area (Å²) in [6, 6.07) is 11.4. The van der Waals surface area contributed by atoms with Gasteiger partial charge in [0, 0.05) is 17.4 Å². The molecule has 12 nitrogen and oxygen atoms in total. The number of tetrazole rings is 1. The summed E-state index contributed by atoms with van der Waals surface area (Å²) in [7, 11) is 2.76. The maximum absolute atomic E-state index is 15.5. The van der Waals surface area contributed by atoms with E-state index in [1.54, 1.807) is 35.1 Å². The topological polar surface area (TPSA) is 136 Å². The van der Waals surface area contributed by atoms with Crippen molar-refractivity contribution in [3.05, 3.63) is 89.1 Å². The highest BCUT2D eigenvalue weighted by Gasteiger charge is 2.34. The first-order chi connectivity index (χ1) is 20.9. The van der Waals surface area contributed by atoms with Crippen molar-refractivity contribution in [1.82, 2.24) is 30.0 Å². The molecule has 1 saturated carbocycles. The number of halogens is 2. The fourth-order valence-corrected chi connectivity index (χ4v) is 5.15. The maximum atomic E-state index is 15.5. The first kappa shape index (κ1) is 28.1. The van der Waals surface area contributed by atoms with Crippen molar-refractivity contribution in [2.24, 2.45) is 5.92 Å². The standard InChI is InChI=1S/C29H26ClFN8O4/c1-42-26-12-25(39(41)15-21(26)27-23(38-16-32-35-36-38)10-9-22(30)28(27)31)24(11-17-3-4-17)37-14-19(13-33-37)18-5-7-20(8-6-18)34-29(40)43-2/h5-10,12-17,24H,3-4,11H2,1-2H3,(H,34,40). The molecule has 1 atom stereocenters. The van der Waals surface area contributed by atoms with Crippen LogP contribution in [0.25, 0.3) is 27.9 Å². The highest BCUT2D eigenvalue weighted by Crippen LogP contribution is 2.42. The minimum atomic E-state index is -0.736. The fraction of sp³-hybridized carbons (Fsp3) is 0.241. The number of nitrogens with zero attached hydrogens (tertiary/aromatic N) is 7. The van der Waals surface area contributed by atoms with Gasteiger partial charge in [-0.1, -0.05) is 36.6 Å².